The smallest absolute Gasteiger partial charge is 0.257 e. The fourth-order valence-corrected chi connectivity index (χ4v) is 3.12. The number of nitrogens with two attached hydrogens (primary N) is 1. The fourth-order valence-electron chi connectivity index (χ4n) is 3.12. The first-order valence-electron chi connectivity index (χ1n) is 7.49. The van der Waals surface area contributed by atoms with E-state index in [1.54, 1.807) is 6.20 Å². The van der Waals surface area contributed by atoms with E-state index in [0.717, 1.165) is 44.0 Å². The zero-order valence-electron chi connectivity index (χ0n) is 11.8. The van der Waals surface area contributed by atoms with E-state index in [0.29, 0.717) is 12.5 Å². The number of rotatable bonds is 3. The summed E-state index contributed by atoms with van der Waals surface area (Å²) < 4.78 is 0. The summed E-state index contributed by atoms with van der Waals surface area (Å²) in [7, 11) is 0. The van der Waals surface area contributed by atoms with Crippen LogP contribution in [0.4, 0.5) is 5.82 Å². The maximum absolute atomic E-state index is 12.7. The molecular weight excluding hydrogens is 252 g/mol. The van der Waals surface area contributed by atoms with E-state index in [9.17, 15) is 4.79 Å². The second kappa shape index (κ2) is 5.79. The molecule has 1 aromatic rings. The Hall–Kier alpha value is -1.62. The normalized spacial score (nSPS) is 22.6. The minimum atomic E-state index is 0.107. The van der Waals surface area contributed by atoms with Crippen LogP contribution >= 0.6 is 0 Å². The highest BCUT2D eigenvalue weighted by atomic mass is 16.2. The van der Waals surface area contributed by atoms with Gasteiger partial charge < -0.3 is 15.5 Å². The van der Waals surface area contributed by atoms with E-state index < -0.39 is 0 Å². The van der Waals surface area contributed by atoms with Crippen LogP contribution < -0.4 is 10.6 Å². The maximum atomic E-state index is 12.7. The number of carbonyl (C=O) groups excluding carboxylic acids is 1. The summed E-state index contributed by atoms with van der Waals surface area (Å²) in [5.41, 5.74) is 6.45. The molecule has 108 valence electrons. The molecule has 3 rings (SSSR count). The Bertz CT molecular complexity index is 485. The summed E-state index contributed by atoms with van der Waals surface area (Å²) in [5.74, 6) is 1.41. The third-order valence-corrected chi connectivity index (χ3v) is 4.33. The Morgan fingerprint density at radius 3 is 2.85 bits per heavy atom. The summed E-state index contributed by atoms with van der Waals surface area (Å²) >= 11 is 0. The molecule has 0 saturated carbocycles. The number of hydrogen-bond acceptors (Lipinski definition) is 4. The Labute approximate surface area is 119 Å². The van der Waals surface area contributed by atoms with Gasteiger partial charge in [0.2, 0.25) is 0 Å². The van der Waals surface area contributed by atoms with Crippen LogP contribution in [0.2, 0.25) is 0 Å². The third-order valence-electron chi connectivity index (χ3n) is 4.33. The Kier molecular flexibility index (Phi) is 3.87. The predicted molar refractivity (Wildman–Crippen MR) is 78.7 cm³/mol. The molecule has 0 aromatic carbocycles. The van der Waals surface area contributed by atoms with E-state index in [4.69, 9.17) is 5.73 Å². The highest BCUT2D eigenvalue weighted by Gasteiger charge is 2.29. The molecule has 0 aliphatic carbocycles. The van der Waals surface area contributed by atoms with Crippen molar-refractivity contribution in [2.45, 2.75) is 19.3 Å². The number of anilines is 1. The van der Waals surface area contributed by atoms with Gasteiger partial charge in [-0.1, -0.05) is 0 Å². The molecule has 2 saturated heterocycles. The molecule has 2 N–H and O–H groups in total. The molecule has 1 amide bonds. The van der Waals surface area contributed by atoms with Crippen LogP contribution in [0.3, 0.4) is 0 Å². The van der Waals surface area contributed by atoms with E-state index in [1.165, 1.54) is 12.8 Å². The van der Waals surface area contributed by atoms with E-state index >= 15 is 0 Å². The molecule has 2 aliphatic heterocycles. The number of aromatic nitrogens is 1. The van der Waals surface area contributed by atoms with Crippen molar-refractivity contribution >= 4 is 11.7 Å². The minimum absolute atomic E-state index is 0.107. The molecule has 1 aromatic heterocycles. The lowest BCUT2D eigenvalue weighted by Crippen LogP contribution is -2.32. The van der Waals surface area contributed by atoms with Gasteiger partial charge >= 0.3 is 0 Å². The lowest BCUT2D eigenvalue weighted by Gasteiger charge is -2.22. The molecule has 2 fully saturated rings. The molecule has 5 heteroatoms. The first-order valence-corrected chi connectivity index (χ1v) is 7.49. The summed E-state index contributed by atoms with van der Waals surface area (Å²) in [5, 5.41) is 0. The molecule has 3 heterocycles. The van der Waals surface area contributed by atoms with Gasteiger partial charge in [0.1, 0.15) is 5.82 Å². The van der Waals surface area contributed by atoms with E-state index in [1.807, 2.05) is 17.0 Å². The van der Waals surface area contributed by atoms with Crippen LogP contribution in [0.1, 0.15) is 29.6 Å². The quantitative estimate of drug-likeness (QED) is 0.896. The number of nitrogens with zero attached hydrogens (tertiary/aromatic N) is 3. The van der Waals surface area contributed by atoms with Crippen molar-refractivity contribution in [3.63, 3.8) is 0 Å². The average Bonchev–Trinajstić information content (AvgIpc) is 3.17. The molecule has 1 unspecified atom stereocenters. The Morgan fingerprint density at radius 1 is 1.35 bits per heavy atom. The molecule has 20 heavy (non-hydrogen) atoms. The standard InChI is InChI=1S/C15H22N4O/c16-10-12-5-9-19(11-12)15(20)13-4-3-6-17-14(13)18-7-1-2-8-18/h3-4,6,12H,1-2,5,7-11,16H2. The molecule has 2 aliphatic rings. The Balaban J connectivity index is 1.81. The largest absolute Gasteiger partial charge is 0.356 e. The van der Waals surface area contributed by atoms with Crippen LogP contribution in [0.5, 0.6) is 0 Å². The minimum Gasteiger partial charge on any atom is -0.356 e. The first-order chi connectivity index (χ1) is 9.79. The van der Waals surface area contributed by atoms with Gasteiger partial charge in [-0.05, 0) is 43.9 Å². The van der Waals surface area contributed by atoms with Crippen molar-refractivity contribution < 1.29 is 4.79 Å². The second-order valence-corrected chi connectivity index (χ2v) is 5.71. The molecule has 1 atom stereocenters. The molecular formula is C15H22N4O. The predicted octanol–water partition coefficient (Wildman–Crippen LogP) is 1.10. The maximum Gasteiger partial charge on any atom is 0.257 e. The number of hydrogen-bond donors (Lipinski definition) is 1. The average molecular weight is 274 g/mol. The summed E-state index contributed by atoms with van der Waals surface area (Å²) in [6.45, 7) is 4.26. The zero-order valence-corrected chi connectivity index (χ0v) is 11.8. The van der Waals surface area contributed by atoms with Crippen molar-refractivity contribution in [2.24, 2.45) is 11.7 Å². The van der Waals surface area contributed by atoms with Crippen LogP contribution in [0.15, 0.2) is 18.3 Å². The topological polar surface area (TPSA) is 62.5 Å². The van der Waals surface area contributed by atoms with Crippen molar-refractivity contribution in [3.8, 4) is 0 Å². The van der Waals surface area contributed by atoms with Gasteiger partial charge in [0.25, 0.3) is 5.91 Å². The highest BCUT2D eigenvalue weighted by molar-refractivity contribution is 5.99. The summed E-state index contributed by atoms with van der Waals surface area (Å²) in [6, 6.07) is 3.75. The molecule has 0 spiro atoms. The summed E-state index contributed by atoms with van der Waals surface area (Å²) in [6.07, 6.45) is 5.16. The molecule has 0 radical (unpaired) electrons. The SMILES string of the molecule is NCC1CCN(C(=O)c2cccnc2N2CCCC2)C1. The molecule has 0 bridgehead atoms. The second-order valence-electron chi connectivity index (χ2n) is 5.71. The van der Waals surface area contributed by atoms with Gasteiger partial charge in [-0.2, -0.15) is 0 Å². The monoisotopic (exact) mass is 274 g/mol. The van der Waals surface area contributed by atoms with Crippen molar-refractivity contribution in [3.05, 3.63) is 23.9 Å². The zero-order chi connectivity index (χ0) is 13.9. The van der Waals surface area contributed by atoms with Crippen molar-refractivity contribution in [2.75, 3.05) is 37.6 Å². The van der Waals surface area contributed by atoms with Gasteiger partial charge in [0.15, 0.2) is 0 Å². The van der Waals surface area contributed by atoms with E-state index in [-0.39, 0.29) is 5.91 Å². The Morgan fingerprint density at radius 2 is 2.15 bits per heavy atom. The molecule has 5 nitrogen and oxygen atoms in total. The number of pyridine rings is 1. The lowest BCUT2D eigenvalue weighted by molar-refractivity contribution is 0.0788. The van der Waals surface area contributed by atoms with Crippen molar-refractivity contribution in [1.82, 2.24) is 9.88 Å². The van der Waals surface area contributed by atoms with Gasteiger partial charge in [0, 0.05) is 32.4 Å². The lowest BCUT2D eigenvalue weighted by atomic mass is 10.1. The number of amides is 1. The van der Waals surface area contributed by atoms with Crippen LogP contribution in [0, 0.1) is 5.92 Å². The van der Waals surface area contributed by atoms with Crippen LogP contribution in [-0.2, 0) is 0 Å². The first kappa shape index (κ1) is 13.4. The third kappa shape index (κ3) is 2.50. The van der Waals surface area contributed by atoms with Crippen LogP contribution in [0.25, 0.3) is 0 Å². The van der Waals surface area contributed by atoms with E-state index in [2.05, 4.69) is 9.88 Å². The number of carbonyl (C=O) groups is 1. The van der Waals surface area contributed by atoms with Gasteiger partial charge in [-0.3, -0.25) is 4.79 Å². The fraction of sp³-hybridized carbons (Fsp3) is 0.600. The summed E-state index contributed by atoms with van der Waals surface area (Å²) in [4.78, 5) is 21.3. The van der Waals surface area contributed by atoms with Gasteiger partial charge in [0.05, 0.1) is 5.56 Å². The van der Waals surface area contributed by atoms with Gasteiger partial charge in [-0.25, -0.2) is 4.98 Å². The number of likely N-dealkylation sites (tertiary alicyclic amines) is 1. The van der Waals surface area contributed by atoms with Crippen molar-refractivity contribution in [1.29, 1.82) is 0 Å². The van der Waals surface area contributed by atoms with Crippen LogP contribution in [-0.4, -0.2) is 48.5 Å². The van der Waals surface area contributed by atoms with Gasteiger partial charge in [-0.15, -0.1) is 0 Å². The highest BCUT2D eigenvalue weighted by Crippen LogP contribution is 2.25.